The van der Waals surface area contributed by atoms with Crippen molar-refractivity contribution in [3.63, 3.8) is 0 Å². The second-order valence-electron chi connectivity index (χ2n) is 2.97. The molecule has 0 spiro atoms. The lowest BCUT2D eigenvalue weighted by atomic mass is 10.1. The zero-order valence-electron chi connectivity index (χ0n) is 8.29. The fourth-order valence-corrected chi connectivity index (χ4v) is 1.13. The van der Waals surface area contributed by atoms with E-state index in [1.165, 1.54) is 0 Å². The number of rotatable bonds is 3. The second kappa shape index (κ2) is 4.73. The summed E-state index contributed by atoms with van der Waals surface area (Å²) >= 11 is 0. The first-order chi connectivity index (χ1) is 7.45. The number of alkyl halides is 2. The number of aromatic nitrogens is 1. The lowest BCUT2D eigenvalue weighted by Crippen LogP contribution is -2.15. The van der Waals surface area contributed by atoms with Crippen LogP contribution in [-0.4, -0.2) is 23.2 Å². The number of esters is 1. The van der Waals surface area contributed by atoms with E-state index in [9.17, 15) is 18.4 Å². The molecule has 1 aromatic rings. The number of halogens is 2. The Kier molecular flexibility index (Phi) is 3.60. The van der Waals surface area contributed by atoms with E-state index in [4.69, 9.17) is 5.11 Å². The molecular formula is C9H9F2NO4. The summed E-state index contributed by atoms with van der Waals surface area (Å²) in [6, 6.07) is 0.641. The first kappa shape index (κ1) is 12.2. The van der Waals surface area contributed by atoms with Crippen molar-refractivity contribution in [1.82, 2.24) is 4.98 Å². The van der Waals surface area contributed by atoms with Gasteiger partial charge in [0.05, 0.1) is 13.5 Å². The monoisotopic (exact) mass is 233 g/mol. The third-order valence-electron chi connectivity index (χ3n) is 1.92. The Hall–Kier alpha value is -1.92. The molecule has 2 N–H and O–H groups in total. The van der Waals surface area contributed by atoms with Gasteiger partial charge in [-0.2, -0.15) is 0 Å². The molecule has 1 heterocycles. The summed E-state index contributed by atoms with van der Waals surface area (Å²) < 4.78 is 29.3. The number of aromatic amines is 1. The molecule has 0 saturated heterocycles. The predicted molar refractivity (Wildman–Crippen MR) is 49.4 cm³/mol. The lowest BCUT2D eigenvalue weighted by molar-refractivity contribution is -0.139. The molecule has 0 amide bonds. The van der Waals surface area contributed by atoms with Crippen LogP contribution in [0.2, 0.25) is 0 Å². The van der Waals surface area contributed by atoms with Gasteiger partial charge in [0.15, 0.2) is 5.75 Å². The number of carbonyl (C=O) groups excluding carboxylic acids is 1. The summed E-state index contributed by atoms with van der Waals surface area (Å²) in [5.41, 5.74) is -1.78. The van der Waals surface area contributed by atoms with Crippen LogP contribution in [0, 0.1) is 0 Å². The molecule has 0 unspecified atom stereocenters. The van der Waals surface area contributed by atoms with E-state index in [0.29, 0.717) is 6.07 Å². The van der Waals surface area contributed by atoms with Crippen molar-refractivity contribution in [3.8, 4) is 5.75 Å². The molecule has 0 fully saturated rings. The minimum atomic E-state index is -2.90. The Bertz CT molecular complexity index is 455. The number of methoxy groups -OCH3 is 1. The highest BCUT2D eigenvalue weighted by atomic mass is 19.3. The average molecular weight is 233 g/mol. The van der Waals surface area contributed by atoms with Gasteiger partial charge in [0.2, 0.25) is 0 Å². The number of ether oxygens (including phenoxy) is 1. The number of carbonyl (C=O) groups is 1. The first-order valence-electron chi connectivity index (χ1n) is 4.25. The van der Waals surface area contributed by atoms with Crippen LogP contribution in [0.5, 0.6) is 5.75 Å². The molecule has 0 bridgehead atoms. The molecule has 0 aromatic carbocycles. The van der Waals surface area contributed by atoms with Crippen LogP contribution in [0.15, 0.2) is 10.9 Å². The van der Waals surface area contributed by atoms with Crippen LogP contribution in [0.3, 0.4) is 0 Å². The van der Waals surface area contributed by atoms with Gasteiger partial charge in [0.25, 0.3) is 12.0 Å². The number of aromatic hydroxyl groups is 1. The zero-order chi connectivity index (χ0) is 12.3. The molecular weight excluding hydrogens is 224 g/mol. The molecule has 1 rings (SSSR count). The number of H-pyrrole nitrogens is 1. The molecule has 0 aliphatic rings. The van der Waals surface area contributed by atoms with E-state index in [1.54, 1.807) is 0 Å². The van der Waals surface area contributed by atoms with E-state index in [0.717, 1.165) is 7.11 Å². The molecule has 1 aromatic heterocycles. The van der Waals surface area contributed by atoms with Crippen molar-refractivity contribution in [2.45, 2.75) is 12.8 Å². The van der Waals surface area contributed by atoms with Gasteiger partial charge in [-0.1, -0.05) is 0 Å². The van der Waals surface area contributed by atoms with Gasteiger partial charge in [-0.25, -0.2) is 8.78 Å². The van der Waals surface area contributed by atoms with Crippen LogP contribution < -0.4 is 5.56 Å². The summed E-state index contributed by atoms with van der Waals surface area (Å²) in [7, 11) is 1.10. The average Bonchev–Trinajstić information content (AvgIpc) is 2.22. The maximum atomic E-state index is 12.5. The summed E-state index contributed by atoms with van der Waals surface area (Å²) in [5, 5.41) is 8.97. The van der Waals surface area contributed by atoms with Gasteiger partial charge in [-0.15, -0.1) is 0 Å². The summed E-state index contributed by atoms with van der Waals surface area (Å²) in [5.74, 6) is -1.58. The van der Waals surface area contributed by atoms with Crippen LogP contribution in [0.1, 0.15) is 17.7 Å². The van der Waals surface area contributed by atoms with Crippen molar-refractivity contribution in [1.29, 1.82) is 0 Å². The largest absolute Gasteiger partial charge is 0.503 e. The molecule has 88 valence electrons. The minimum Gasteiger partial charge on any atom is -0.503 e. The van der Waals surface area contributed by atoms with Crippen molar-refractivity contribution >= 4 is 5.97 Å². The standard InChI is InChI=1S/C9H9F2NO4/c1-16-7(14)3-5-4(8(10)11)2-6(13)9(15)12-5/h2,8,13H,3H2,1H3,(H,12,15). The summed E-state index contributed by atoms with van der Waals surface area (Å²) in [6.07, 6.45) is -3.38. The maximum absolute atomic E-state index is 12.5. The molecule has 0 atom stereocenters. The van der Waals surface area contributed by atoms with Crippen LogP contribution >= 0.6 is 0 Å². The minimum absolute atomic E-state index is 0.260. The Morgan fingerprint density at radius 2 is 2.25 bits per heavy atom. The Morgan fingerprint density at radius 3 is 2.75 bits per heavy atom. The van der Waals surface area contributed by atoms with Gasteiger partial charge >= 0.3 is 5.97 Å². The topological polar surface area (TPSA) is 79.4 Å². The highest BCUT2D eigenvalue weighted by molar-refractivity contribution is 5.72. The SMILES string of the molecule is COC(=O)Cc1[nH]c(=O)c(O)cc1C(F)F. The number of nitrogens with one attached hydrogen (secondary N) is 1. The number of hydrogen-bond donors (Lipinski definition) is 2. The maximum Gasteiger partial charge on any atom is 0.311 e. The Balaban J connectivity index is 3.20. The highest BCUT2D eigenvalue weighted by Crippen LogP contribution is 2.23. The zero-order valence-corrected chi connectivity index (χ0v) is 8.29. The van der Waals surface area contributed by atoms with Crippen LogP contribution in [0.4, 0.5) is 8.78 Å². The van der Waals surface area contributed by atoms with Gasteiger partial charge in [-0.05, 0) is 6.07 Å². The lowest BCUT2D eigenvalue weighted by Gasteiger charge is -2.07. The van der Waals surface area contributed by atoms with Gasteiger partial charge in [0, 0.05) is 11.3 Å². The third kappa shape index (κ3) is 2.56. The van der Waals surface area contributed by atoms with Gasteiger partial charge in [-0.3, -0.25) is 9.59 Å². The van der Waals surface area contributed by atoms with Crippen molar-refractivity contribution in [2.24, 2.45) is 0 Å². The molecule has 0 aliphatic heterocycles. The summed E-state index contributed by atoms with van der Waals surface area (Å²) in [6.45, 7) is 0. The molecule has 0 radical (unpaired) electrons. The summed E-state index contributed by atoms with van der Waals surface area (Å²) in [4.78, 5) is 23.9. The normalized spacial score (nSPS) is 10.5. The quantitative estimate of drug-likeness (QED) is 0.754. The van der Waals surface area contributed by atoms with Crippen LogP contribution in [-0.2, 0) is 16.0 Å². The fraction of sp³-hybridized carbons (Fsp3) is 0.333. The fourth-order valence-electron chi connectivity index (χ4n) is 1.13. The van der Waals surface area contributed by atoms with Crippen LogP contribution in [0.25, 0.3) is 0 Å². The van der Waals surface area contributed by atoms with E-state index >= 15 is 0 Å². The third-order valence-corrected chi connectivity index (χ3v) is 1.92. The number of pyridine rings is 1. The van der Waals surface area contributed by atoms with E-state index in [-0.39, 0.29) is 5.69 Å². The Morgan fingerprint density at radius 1 is 1.62 bits per heavy atom. The molecule has 5 nitrogen and oxygen atoms in total. The molecule has 0 aliphatic carbocycles. The van der Waals surface area contributed by atoms with E-state index in [1.807, 2.05) is 4.98 Å². The highest BCUT2D eigenvalue weighted by Gasteiger charge is 2.18. The smallest absolute Gasteiger partial charge is 0.311 e. The predicted octanol–water partition coefficient (Wildman–Crippen LogP) is 0.734. The van der Waals surface area contributed by atoms with Crippen molar-refractivity contribution < 1.29 is 23.4 Å². The van der Waals surface area contributed by atoms with E-state index < -0.39 is 35.7 Å². The molecule has 0 saturated carbocycles. The van der Waals surface area contributed by atoms with Crippen molar-refractivity contribution in [2.75, 3.05) is 7.11 Å². The van der Waals surface area contributed by atoms with Gasteiger partial charge < -0.3 is 14.8 Å². The van der Waals surface area contributed by atoms with E-state index in [2.05, 4.69) is 4.74 Å². The van der Waals surface area contributed by atoms with Gasteiger partial charge in [0.1, 0.15) is 0 Å². The Labute approximate surface area is 88.7 Å². The number of hydrogen-bond acceptors (Lipinski definition) is 4. The van der Waals surface area contributed by atoms with Crippen molar-refractivity contribution in [3.05, 3.63) is 27.7 Å². The molecule has 16 heavy (non-hydrogen) atoms. The molecule has 7 heteroatoms. The first-order valence-corrected chi connectivity index (χ1v) is 4.25. The second-order valence-corrected chi connectivity index (χ2v) is 2.97.